The van der Waals surface area contributed by atoms with Gasteiger partial charge in [-0.15, -0.1) is 0 Å². The second-order valence-electron chi connectivity index (χ2n) is 6.16. The number of imidazole rings is 1. The van der Waals surface area contributed by atoms with E-state index >= 15 is 0 Å². The first-order valence-electron chi connectivity index (χ1n) is 7.84. The number of para-hydroxylation sites is 2. The van der Waals surface area contributed by atoms with Gasteiger partial charge in [-0.2, -0.15) is 0 Å². The standard InChI is InChI=1S/C19H23N3/c1-13(2)15-9-11-16(12-10-15)20-14(3)19-21-17-7-5-6-8-18(17)22(19)4/h5-14,20H,1-4H3. The average Bonchev–Trinajstić information content (AvgIpc) is 2.85. The number of anilines is 1. The third kappa shape index (κ3) is 2.71. The number of aromatic nitrogens is 2. The van der Waals surface area contributed by atoms with Gasteiger partial charge in [-0.05, 0) is 42.7 Å². The number of aryl methyl sites for hydroxylation is 1. The summed E-state index contributed by atoms with van der Waals surface area (Å²) in [5, 5.41) is 3.54. The summed E-state index contributed by atoms with van der Waals surface area (Å²) in [6, 6.07) is 17.1. The van der Waals surface area contributed by atoms with E-state index < -0.39 is 0 Å². The fourth-order valence-electron chi connectivity index (χ4n) is 2.83. The van der Waals surface area contributed by atoms with Crippen LogP contribution in [0, 0.1) is 0 Å². The molecule has 1 heterocycles. The van der Waals surface area contributed by atoms with Gasteiger partial charge in [-0.1, -0.05) is 38.1 Å². The highest BCUT2D eigenvalue weighted by Crippen LogP contribution is 2.24. The molecule has 3 heteroatoms. The molecule has 0 fully saturated rings. The molecule has 114 valence electrons. The predicted molar refractivity (Wildman–Crippen MR) is 93.3 cm³/mol. The molecule has 0 aliphatic carbocycles. The molecule has 3 rings (SSSR count). The third-order valence-corrected chi connectivity index (χ3v) is 4.17. The number of hydrogen-bond donors (Lipinski definition) is 1. The second-order valence-corrected chi connectivity index (χ2v) is 6.16. The lowest BCUT2D eigenvalue weighted by molar-refractivity contribution is 0.733. The molecule has 0 saturated carbocycles. The van der Waals surface area contributed by atoms with E-state index in [1.54, 1.807) is 0 Å². The highest BCUT2D eigenvalue weighted by Gasteiger charge is 2.14. The number of benzene rings is 2. The molecule has 22 heavy (non-hydrogen) atoms. The first kappa shape index (κ1) is 14.6. The van der Waals surface area contributed by atoms with E-state index in [0.717, 1.165) is 17.0 Å². The summed E-state index contributed by atoms with van der Waals surface area (Å²) < 4.78 is 2.16. The molecule has 3 nitrogen and oxygen atoms in total. The fraction of sp³-hybridized carbons (Fsp3) is 0.316. The molecule has 0 aliphatic heterocycles. The van der Waals surface area contributed by atoms with Crippen LogP contribution in [0.5, 0.6) is 0 Å². The van der Waals surface area contributed by atoms with Crippen LogP contribution in [0.4, 0.5) is 5.69 Å². The number of hydrogen-bond acceptors (Lipinski definition) is 2. The maximum atomic E-state index is 4.75. The lowest BCUT2D eigenvalue weighted by atomic mass is 10.0. The van der Waals surface area contributed by atoms with Crippen molar-refractivity contribution in [2.75, 3.05) is 5.32 Å². The lowest BCUT2D eigenvalue weighted by Gasteiger charge is -2.16. The van der Waals surface area contributed by atoms with Crippen LogP contribution in [0.1, 0.15) is 44.1 Å². The molecular formula is C19H23N3. The summed E-state index contributed by atoms with van der Waals surface area (Å²) in [6.07, 6.45) is 0. The van der Waals surface area contributed by atoms with Crippen LogP contribution >= 0.6 is 0 Å². The van der Waals surface area contributed by atoms with Crippen LogP contribution in [0.15, 0.2) is 48.5 Å². The minimum atomic E-state index is 0.155. The lowest BCUT2D eigenvalue weighted by Crippen LogP contribution is -2.12. The van der Waals surface area contributed by atoms with Crippen LogP contribution in [0.2, 0.25) is 0 Å². The Hall–Kier alpha value is -2.29. The molecule has 3 aromatic rings. The van der Waals surface area contributed by atoms with Crippen molar-refractivity contribution in [2.45, 2.75) is 32.7 Å². The van der Waals surface area contributed by atoms with Crippen molar-refractivity contribution < 1.29 is 0 Å². The zero-order valence-corrected chi connectivity index (χ0v) is 13.7. The maximum Gasteiger partial charge on any atom is 0.131 e. The van der Waals surface area contributed by atoms with Gasteiger partial charge in [-0.25, -0.2) is 4.98 Å². The Bertz CT molecular complexity index is 769. The van der Waals surface area contributed by atoms with Crippen molar-refractivity contribution in [1.82, 2.24) is 9.55 Å². The molecule has 1 aromatic heterocycles. The van der Waals surface area contributed by atoms with Gasteiger partial charge < -0.3 is 9.88 Å². The van der Waals surface area contributed by atoms with Crippen molar-refractivity contribution in [1.29, 1.82) is 0 Å². The van der Waals surface area contributed by atoms with E-state index in [2.05, 4.69) is 80.2 Å². The molecule has 1 N–H and O–H groups in total. The SMILES string of the molecule is CC(C)c1ccc(NC(C)c2nc3ccccc3n2C)cc1. The Morgan fingerprint density at radius 1 is 0.955 bits per heavy atom. The van der Waals surface area contributed by atoms with Gasteiger partial charge in [0.05, 0.1) is 17.1 Å². The van der Waals surface area contributed by atoms with E-state index in [4.69, 9.17) is 4.98 Å². The minimum Gasteiger partial charge on any atom is -0.375 e. The maximum absolute atomic E-state index is 4.75. The molecule has 1 unspecified atom stereocenters. The van der Waals surface area contributed by atoms with Gasteiger partial charge in [0.15, 0.2) is 0 Å². The smallest absolute Gasteiger partial charge is 0.131 e. The normalized spacial score (nSPS) is 12.8. The van der Waals surface area contributed by atoms with Crippen molar-refractivity contribution >= 4 is 16.7 Å². The molecule has 0 saturated heterocycles. The second kappa shape index (κ2) is 5.84. The van der Waals surface area contributed by atoms with Crippen LogP contribution in [-0.2, 0) is 7.05 Å². The van der Waals surface area contributed by atoms with Crippen molar-refractivity contribution in [2.24, 2.45) is 7.05 Å². The van der Waals surface area contributed by atoms with Gasteiger partial charge in [0.1, 0.15) is 5.82 Å². The van der Waals surface area contributed by atoms with E-state index in [9.17, 15) is 0 Å². The third-order valence-electron chi connectivity index (χ3n) is 4.17. The largest absolute Gasteiger partial charge is 0.375 e. The Morgan fingerprint density at radius 2 is 1.64 bits per heavy atom. The van der Waals surface area contributed by atoms with Crippen LogP contribution in [0.25, 0.3) is 11.0 Å². The molecule has 0 spiro atoms. The Labute approximate surface area is 132 Å². The fourth-order valence-corrected chi connectivity index (χ4v) is 2.83. The first-order chi connectivity index (χ1) is 10.6. The Morgan fingerprint density at radius 3 is 2.27 bits per heavy atom. The number of fused-ring (bicyclic) bond motifs is 1. The average molecular weight is 293 g/mol. The summed E-state index contributed by atoms with van der Waals surface area (Å²) in [4.78, 5) is 4.75. The Balaban J connectivity index is 1.83. The van der Waals surface area contributed by atoms with Gasteiger partial charge >= 0.3 is 0 Å². The van der Waals surface area contributed by atoms with E-state index in [1.807, 2.05) is 6.07 Å². The van der Waals surface area contributed by atoms with Gasteiger partial charge in [0, 0.05) is 12.7 Å². The van der Waals surface area contributed by atoms with Crippen molar-refractivity contribution in [3.8, 4) is 0 Å². The molecule has 0 radical (unpaired) electrons. The van der Waals surface area contributed by atoms with Gasteiger partial charge in [-0.3, -0.25) is 0 Å². The molecule has 1 atom stereocenters. The zero-order chi connectivity index (χ0) is 15.7. The molecule has 0 amide bonds. The van der Waals surface area contributed by atoms with Crippen LogP contribution < -0.4 is 5.32 Å². The molecular weight excluding hydrogens is 270 g/mol. The van der Waals surface area contributed by atoms with Crippen LogP contribution in [-0.4, -0.2) is 9.55 Å². The Kier molecular flexibility index (Phi) is 3.88. The quantitative estimate of drug-likeness (QED) is 0.743. The number of rotatable bonds is 4. The number of nitrogens with one attached hydrogen (secondary N) is 1. The van der Waals surface area contributed by atoms with E-state index in [0.29, 0.717) is 5.92 Å². The van der Waals surface area contributed by atoms with Crippen molar-refractivity contribution in [3.05, 3.63) is 59.9 Å². The van der Waals surface area contributed by atoms with Gasteiger partial charge in [0.25, 0.3) is 0 Å². The van der Waals surface area contributed by atoms with E-state index in [-0.39, 0.29) is 6.04 Å². The van der Waals surface area contributed by atoms with E-state index in [1.165, 1.54) is 11.1 Å². The molecule has 0 bridgehead atoms. The minimum absolute atomic E-state index is 0.155. The first-order valence-corrected chi connectivity index (χ1v) is 7.84. The molecule has 0 aliphatic rings. The predicted octanol–water partition coefficient (Wildman–Crippen LogP) is 4.87. The topological polar surface area (TPSA) is 29.9 Å². The highest BCUT2D eigenvalue weighted by molar-refractivity contribution is 5.76. The van der Waals surface area contributed by atoms with Crippen molar-refractivity contribution in [3.63, 3.8) is 0 Å². The summed E-state index contributed by atoms with van der Waals surface area (Å²) in [5.41, 5.74) is 4.70. The van der Waals surface area contributed by atoms with Crippen LogP contribution in [0.3, 0.4) is 0 Å². The molecule has 2 aromatic carbocycles. The van der Waals surface area contributed by atoms with Gasteiger partial charge in [0.2, 0.25) is 0 Å². The summed E-state index contributed by atoms with van der Waals surface area (Å²) in [7, 11) is 2.07. The zero-order valence-electron chi connectivity index (χ0n) is 13.7. The highest BCUT2D eigenvalue weighted by atomic mass is 15.1. The number of nitrogens with zero attached hydrogens (tertiary/aromatic N) is 2. The summed E-state index contributed by atoms with van der Waals surface area (Å²) in [6.45, 7) is 6.58. The summed E-state index contributed by atoms with van der Waals surface area (Å²) in [5.74, 6) is 1.61. The summed E-state index contributed by atoms with van der Waals surface area (Å²) >= 11 is 0. The monoisotopic (exact) mass is 293 g/mol.